The molecule has 2 rings (SSSR count). The molecule has 0 spiro atoms. The molecular formula is C9H10N4O. The van der Waals surface area contributed by atoms with E-state index < -0.39 is 0 Å². The molecule has 4 N–H and O–H groups in total. The van der Waals surface area contributed by atoms with Crippen LogP contribution in [0.3, 0.4) is 0 Å². The molecule has 1 heterocycles. The Labute approximate surface area is 81.1 Å². The van der Waals surface area contributed by atoms with Crippen LogP contribution in [0, 0.1) is 10.8 Å². The molecule has 0 saturated carbocycles. The van der Waals surface area contributed by atoms with Crippen molar-refractivity contribution in [2.24, 2.45) is 5.84 Å². The van der Waals surface area contributed by atoms with Gasteiger partial charge in [0.15, 0.2) is 5.84 Å². The number of nitrogens with zero attached hydrogens (tertiary/aromatic N) is 1. The second-order valence-electron chi connectivity index (χ2n) is 2.95. The largest absolute Gasteiger partial charge is 0.496 e. The van der Waals surface area contributed by atoms with E-state index in [-0.39, 0.29) is 11.7 Å². The van der Waals surface area contributed by atoms with Gasteiger partial charge in [0.05, 0.1) is 12.7 Å². The summed E-state index contributed by atoms with van der Waals surface area (Å²) in [6.07, 6.45) is 0. The van der Waals surface area contributed by atoms with Gasteiger partial charge in [0.25, 0.3) is 0 Å². The van der Waals surface area contributed by atoms with Crippen LogP contribution in [0.5, 0.6) is 5.75 Å². The lowest BCUT2D eigenvalue weighted by atomic mass is 10.1. The molecule has 0 saturated heterocycles. The van der Waals surface area contributed by atoms with Crippen molar-refractivity contribution in [1.82, 2.24) is 5.01 Å². The van der Waals surface area contributed by atoms with Gasteiger partial charge in [-0.2, -0.15) is 0 Å². The lowest BCUT2D eigenvalue weighted by Crippen LogP contribution is -2.36. The molecule has 5 heteroatoms. The van der Waals surface area contributed by atoms with Gasteiger partial charge >= 0.3 is 0 Å². The minimum absolute atomic E-state index is 0.0995. The first-order chi connectivity index (χ1) is 6.66. The Balaban J connectivity index is 2.69. The summed E-state index contributed by atoms with van der Waals surface area (Å²) in [6.45, 7) is 0. The van der Waals surface area contributed by atoms with Gasteiger partial charge in [0.1, 0.15) is 11.6 Å². The first-order valence-electron chi connectivity index (χ1n) is 4.06. The topological polar surface area (TPSA) is 86.2 Å². The first kappa shape index (κ1) is 8.71. The fourth-order valence-electron chi connectivity index (χ4n) is 1.50. The number of hydrogen-bond acceptors (Lipinski definition) is 4. The Kier molecular flexibility index (Phi) is 1.75. The van der Waals surface area contributed by atoms with Crippen LogP contribution in [-0.4, -0.2) is 23.8 Å². The predicted molar refractivity (Wildman–Crippen MR) is 52.7 cm³/mol. The van der Waals surface area contributed by atoms with Gasteiger partial charge in [-0.25, -0.2) is 10.9 Å². The van der Waals surface area contributed by atoms with Gasteiger partial charge in [-0.15, -0.1) is 0 Å². The lowest BCUT2D eigenvalue weighted by molar-refractivity contribution is 0.413. The summed E-state index contributed by atoms with van der Waals surface area (Å²) in [6, 6.07) is 5.28. The van der Waals surface area contributed by atoms with Crippen LogP contribution in [0.2, 0.25) is 0 Å². The summed E-state index contributed by atoms with van der Waals surface area (Å²) in [5.41, 5.74) is 1.22. The second kappa shape index (κ2) is 2.81. The maximum Gasteiger partial charge on any atom is 0.153 e. The molecule has 5 nitrogen and oxygen atoms in total. The fraction of sp³-hybridized carbons (Fsp3) is 0.111. The van der Waals surface area contributed by atoms with Crippen LogP contribution < -0.4 is 10.6 Å². The lowest BCUT2D eigenvalue weighted by Gasteiger charge is -2.09. The maximum atomic E-state index is 7.69. The molecular weight excluding hydrogens is 180 g/mol. The van der Waals surface area contributed by atoms with Gasteiger partial charge in [0, 0.05) is 5.56 Å². The van der Waals surface area contributed by atoms with Crippen molar-refractivity contribution in [2.45, 2.75) is 0 Å². The Morgan fingerprint density at radius 1 is 1.29 bits per heavy atom. The van der Waals surface area contributed by atoms with Gasteiger partial charge in [-0.05, 0) is 6.07 Å². The third kappa shape index (κ3) is 0.928. The van der Waals surface area contributed by atoms with E-state index >= 15 is 0 Å². The molecule has 0 amide bonds. The van der Waals surface area contributed by atoms with Crippen LogP contribution >= 0.6 is 0 Å². The third-order valence-corrected chi connectivity index (χ3v) is 2.22. The molecule has 1 aliphatic rings. The summed E-state index contributed by atoms with van der Waals surface area (Å²) in [4.78, 5) is 0. The molecule has 0 radical (unpaired) electrons. The summed E-state index contributed by atoms with van der Waals surface area (Å²) in [5, 5.41) is 16.4. The van der Waals surface area contributed by atoms with Crippen molar-refractivity contribution in [3.8, 4) is 5.75 Å². The molecule has 14 heavy (non-hydrogen) atoms. The minimum atomic E-state index is 0.0995. The van der Waals surface area contributed by atoms with Crippen LogP contribution in [0.4, 0.5) is 0 Å². The van der Waals surface area contributed by atoms with Crippen LogP contribution in [0.1, 0.15) is 11.1 Å². The van der Waals surface area contributed by atoms with Crippen LogP contribution in [0.15, 0.2) is 18.2 Å². The van der Waals surface area contributed by atoms with E-state index in [2.05, 4.69) is 0 Å². The number of nitrogens with one attached hydrogen (secondary N) is 2. The number of hydrogen-bond donors (Lipinski definition) is 3. The van der Waals surface area contributed by atoms with Gasteiger partial charge in [-0.3, -0.25) is 10.8 Å². The summed E-state index contributed by atoms with van der Waals surface area (Å²) in [7, 11) is 1.53. The van der Waals surface area contributed by atoms with Crippen LogP contribution in [0.25, 0.3) is 0 Å². The average Bonchev–Trinajstić information content (AvgIpc) is 2.44. The van der Waals surface area contributed by atoms with E-state index in [1.807, 2.05) is 0 Å². The number of fused-ring (bicyclic) bond motifs is 1. The van der Waals surface area contributed by atoms with Crippen molar-refractivity contribution >= 4 is 11.7 Å². The monoisotopic (exact) mass is 190 g/mol. The zero-order valence-corrected chi connectivity index (χ0v) is 7.66. The number of hydrazine groups is 1. The van der Waals surface area contributed by atoms with E-state index in [4.69, 9.17) is 21.4 Å². The van der Waals surface area contributed by atoms with Crippen molar-refractivity contribution in [2.75, 3.05) is 7.11 Å². The van der Waals surface area contributed by atoms with E-state index in [1.165, 1.54) is 7.11 Å². The highest BCUT2D eigenvalue weighted by Gasteiger charge is 2.30. The summed E-state index contributed by atoms with van der Waals surface area (Å²) >= 11 is 0. The molecule has 0 aromatic heterocycles. The van der Waals surface area contributed by atoms with Gasteiger partial charge in [0.2, 0.25) is 0 Å². The number of rotatable bonds is 1. The number of nitrogens with two attached hydrogens (primary N) is 1. The fourth-order valence-corrected chi connectivity index (χ4v) is 1.50. The second-order valence-corrected chi connectivity index (χ2v) is 2.95. The summed E-state index contributed by atoms with van der Waals surface area (Å²) in [5.74, 6) is 6.33. The smallest absolute Gasteiger partial charge is 0.153 e. The quantitative estimate of drug-likeness (QED) is 0.565. The minimum Gasteiger partial charge on any atom is -0.496 e. The maximum absolute atomic E-state index is 7.69. The number of ether oxygens (including phenoxy) is 1. The molecule has 1 aromatic carbocycles. The molecule has 0 unspecified atom stereocenters. The molecule has 0 bridgehead atoms. The molecule has 0 atom stereocenters. The van der Waals surface area contributed by atoms with Crippen molar-refractivity contribution in [3.63, 3.8) is 0 Å². The SMILES string of the molecule is COc1cccc2c1C(=N)N(N)C2=N. The van der Waals surface area contributed by atoms with Gasteiger partial charge < -0.3 is 4.74 Å². The summed E-state index contributed by atoms with van der Waals surface area (Å²) < 4.78 is 5.10. The Bertz CT molecular complexity index is 427. The highest BCUT2D eigenvalue weighted by Crippen LogP contribution is 2.28. The van der Waals surface area contributed by atoms with Crippen molar-refractivity contribution < 1.29 is 4.74 Å². The number of amidine groups is 2. The van der Waals surface area contributed by atoms with Crippen molar-refractivity contribution in [1.29, 1.82) is 10.8 Å². The highest BCUT2D eigenvalue weighted by molar-refractivity contribution is 6.23. The Morgan fingerprint density at radius 2 is 2.00 bits per heavy atom. The zero-order chi connectivity index (χ0) is 10.3. The van der Waals surface area contributed by atoms with Gasteiger partial charge in [-0.1, -0.05) is 12.1 Å². The van der Waals surface area contributed by atoms with E-state index in [9.17, 15) is 0 Å². The van der Waals surface area contributed by atoms with E-state index in [0.717, 1.165) is 5.01 Å². The molecule has 1 aromatic rings. The van der Waals surface area contributed by atoms with Crippen molar-refractivity contribution in [3.05, 3.63) is 29.3 Å². The standard InChI is InChI=1S/C9H10N4O/c1-14-6-4-2-3-5-7(6)9(11)13(12)8(5)10/h2-4,10-11H,12H2,1H3. The molecule has 72 valence electrons. The van der Waals surface area contributed by atoms with E-state index in [1.54, 1.807) is 18.2 Å². The Morgan fingerprint density at radius 3 is 2.64 bits per heavy atom. The Hall–Kier alpha value is -1.88. The van der Waals surface area contributed by atoms with E-state index in [0.29, 0.717) is 16.9 Å². The average molecular weight is 190 g/mol. The number of benzene rings is 1. The molecule has 1 aliphatic heterocycles. The van der Waals surface area contributed by atoms with Crippen LogP contribution in [-0.2, 0) is 0 Å². The molecule has 0 fully saturated rings. The third-order valence-electron chi connectivity index (χ3n) is 2.22. The zero-order valence-electron chi connectivity index (χ0n) is 7.66. The number of methoxy groups -OCH3 is 1. The normalized spacial score (nSPS) is 14.6. The first-order valence-corrected chi connectivity index (χ1v) is 4.06. The highest BCUT2D eigenvalue weighted by atomic mass is 16.5. The molecule has 0 aliphatic carbocycles. The predicted octanol–water partition coefficient (Wildman–Crippen LogP) is 0.535.